The number of hydrogen-bond acceptors (Lipinski definition) is 0. The minimum Gasteiger partial charge on any atom is -0.121 e. The minimum atomic E-state index is 0.457. The van der Waals surface area contributed by atoms with Gasteiger partial charge in [0.15, 0.2) is 0 Å². The van der Waals surface area contributed by atoms with Crippen LogP contribution in [0.2, 0.25) is 5.02 Å². The molecule has 0 aliphatic heterocycles. The van der Waals surface area contributed by atoms with E-state index in [4.69, 9.17) is 23.2 Å². The number of hydrogen-bond donors (Lipinski definition) is 0. The average molecular weight is 254 g/mol. The van der Waals surface area contributed by atoms with Crippen molar-refractivity contribution in [3.05, 3.63) is 32.8 Å². The molecule has 0 fully saturated rings. The maximum Gasteiger partial charge on any atom is 0.0489 e. The first-order chi connectivity index (χ1) is 5.15. The zero-order valence-corrected chi connectivity index (χ0v) is 9.09. The largest absolute Gasteiger partial charge is 0.121 e. The lowest BCUT2D eigenvalue weighted by Crippen LogP contribution is -1.84. The molecule has 0 atom stereocenters. The molecule has 0 aromatic heterocycles. The second kappa shape index (κ2) is 3.79. The minimum absolute atomic E-state index is 0.457. The molecule has 0 bridgehead atoms. The van der Waals surface area contributed by atoms with Crippen molar-refractivity contribution >= 4 is 39.1 Å². The summed E-state index contributed by atoms with van der Waals surface area (Å²) in [5.41, 5.74) is 2.02. The van der Waals surface area contributed by atoms with Gasteiger partial charge in [-0.25, -0.2) is 0 Å². The van der Waals surface area contributed by atoms with Crippen molar-refractivity contribution in [2.45, 2.75) is 12.8 Å². The molecule has 60 valence electrons. The van der Waals surface area contributed by atoms with Crippen molar-refractivity contribution < 1.29 is 0 Å². The highest BCUT2D eigenvalue weighted by molar-refractivity contribution is 9.10. The average Bonchev–Trinajstić information content (AvgIpc) is 1.96. The smallest absolute Gasteiger partial charge is 0.0489 e. The highest BCUT2D eigenvalue weighted by Gasteiger charge is 2.02. The molecule has 1 rings (SSSR count). The molecular formula is C8H7BrCl2. The van der Waals surface area contributed by atoms with Crippen LogP contribution in [0, 0.1) is 6.92 Å². The Hall–Kier alpha value is 0.280. The first-order valence-corrected chi connectivity index (χ1v) is 4.86. The van der Waals surface area contributed by atoms with E-state index in [-0.39, 0.29) is 0 Å². The third-order valence-corrected chi connectivity index (χ3v) is 2.73. The van der Waals surface area contributed by atoms with E-state index in [1.54, 1.807) is 0 Å². The first-order valence-electron chi connectivity index (χ1n) is 3.15. The van der Waals surface area contributed by atoms with Crippen LogP contribution in [0.15, 0.2) is 16.6 Å². The fourth-order valence-corrected chi connectivity index (χ4v) is 1.97. The molecule has 0 nitrogen and oxygen atoms in total. The quantitative estimate of drug-likeness (QED) is 0.660. The number of benzene rings is 1. The Morgan fingerprint density at radius 3 is 2.64 bits per heavy atom. The molecule has 11 heavy (non-hydrogen) atoms. The summed E-state index contributed by atoms with van der Waals surface area (Å²) in [4.78, 5) is 0. The molecule has 0 amide bonds. The fourth-order valence-electron chi connectivity index (χ4n) is 0.892. The van der Waals surface area contributed by atoms with Crippen LogP contribution in [-0.2, 0) is 5.88 Å². The molecule has 3 heteroatoms. The van der Waals surface area contributed by atoms with Crippen molar-refractivity contribution in [2.75, 3.05) is 0 Å². The van der Waals surface area contributed by atoms with Crippen molar-refractivity contribution in [1.82, 2.24) is 0 Å². The van der Waals surface area contributed by atoms with Crippen molar-refractivity contribution in [3.8, 4) is 0 Å². The van der Waals surface area contributed by atoms with Gasteiger partial charge < -0.3 is 0 Å². The Kier molecular flexibility index (Phi) is 3.23. The summed E-state index contributed by atoms with van der Waals surface area (Å²) in [6.45, 7) is 1.96. The summed E-state index contributed by atoms with van der Waals surface area (Å²) in [6, 6.07) is 3.90. The van der Waals surface area contributed by atoms with Gasteiger partial charge in [0.05, 0.1) is 0 Å². The highest BCUT2D eigenvalue weighted by atomic mass is 79.9. The van der Waals surface area contributed by atoms with Crippen LogP contribution in [0.4, 0.5) is 0 Å². The number of rotatable bonds is 1. The third kappa shape index (κ3) is 2.11. The van der Waals surface area contributed by atoms with E-state index in [1.807, 2.05) is 19.1 Å². The van der Waals surface area contributed by atoms with Gasteiger partial charge in [0.2, 0.25) is 0 Å². The number of aryl methyl sites for hydroxylation is 1. The third-order valence-electron chi connectivity index (χ3n) is 1.44. The van der Waals surface area contributed by atoms with Gasteiger partial charge >= 0.3 is 0 Å². The standard InChI is InChI=1S/C8H7BrCl2/c1-5-2-7(9)3-6(4-10)8(5)11/h2-3H,4H2,1H3. The van der Waals surface area contributed by atoms with E-state index < -0.39 is 0 Å². The van der Waals surface area contributed by atoms with Gasteiger partial charge in [-0.05, 0) is 30.2 Å². The van der Waals surface area contributed by atoms with Crippen LogP contribution in [0.5, 0.6) is 0 Å². The monoisotopic (exact) mass is 252 g/mol. The maximum atomic E-state index is 5.96. The van der Waals surface area contributed by atoms with E-state index >= 15 is 0 Å². The Bertz CT molecular complexity index is 271. The van der Waals surface area contributed by atoms with Crippen molar-refractivity contribution in [3.63, 3.8) is 0 Å². The second-order valence-electron chi connectivity index (χ2n) is 2.33. The highest BCUT2D eigenvalue weighted by Crippen LogP contribution is 2.26. The zero-order chi connectivity index (χ0) is 8.43. The molecule has 0 unspecified atom stereocenters. The number of alkyl halides is 1. The predicted octanol–water partition coefficient (Wildman–Crippen LogP) is 4.15. The topological polar surface area (TPSA) is 0 Å². The van der Waals surface area contributed by atoms with Gasteiger partial charge in [-0.1, -0.05) is 27.5 Å². The number of halogens is 3. The van der Waals surface area contributed by atoms with Gasteiger partial charge in [-0.15, -0.1) is 11.6 Å². The van der Waals surface area contributed by atoms with Crippen molar-refractivity contribution in [2.24, 2.45) is 0 Å². The van der Waals surface area contributed by atoms with E-state index in [1.165, 1.54) is 0 Å². The molecule has 0 spiro atoms. The van der Waals surface area contributed by atoms with Gasteiger partial charge in [-0.3, -0.25) is 0 Å². The van der Waals surface area contributed by atoms with Crippen LogP contribution in [0.3, 0.4) is 0 Å². The van der Waals surface area contributed by atoms with E-state index in [0.717, 1.165) is 20.6 Å². The summed E-state index contributed by atoms with van der Waals surface area (Å²) < 4.78 is 1.02. The van der Waals surface area contributed by atoms with Crippen LogP contribution >= 0.6 is 39.1 Å². The van der Waals surface area contributed by atoms with Crippen LogP contribution < -0.4 is 0 Å². The molecule has 0 N–H and O–H groups in total. The molecule has 1 aromatic rings. The SMILES string of the molecule is Cc1cc(Br)cc(CCl)c1Cl. The molecule has 0 saturated heterocycles. The summed E-state index contributed by atoms with van der Waals surface area (Å²) in [6.07, 6.45) is 0. The van der Waals surface area contributed by atoms with Crippen LogP contribution in [0.25, 0.3) is 0 Å². The molecule has 0 aliphatic rings. The summed E-state index contributed by atoms with van der Waals surface area (Å²) in [5.74, 6) is 0.457. The Labute approximate surface area is 84.6 Å². The predicted molar refractivity (Wildman–Crippen MR) is 53.4 cm³/mol. The molecule has 0 heterocycles. The van der Waals surface area contributed by atoms with Gasteiger partial charge in [0, 0.05) is 15.4 Å². The lowest BCUT2D eigenvalue weighted by molar-refractivity contribution is 1.33. The zero-order valence-electron chi connectivity index (χ0n) is 6.00. The first kappa shape index (κ1) is 9.37. The van der Waals surface area contributed by atoms with E-state index in [2.05, 4.69) is 15.9 Å². The normalized spacial score (nSPS) is 10.2. The molecule has 0 aliphatic carbocycles. The molecule has 1 aromatic carbocycles. The van der Waals surface area contributed by atoms with E-state index in [0.29, 0.717) is 5.88 Å². The van der Waals surface area contributed by atoms with Gasteiger partial charge in [0.1, 0.15) is 0 Å². The molecular weight excluding hydrogens is 247 g/mol. The van der Waals surface area contributed by atoms with Crippen molar-refractivity contribution in [1.29, 1.82) is 0 Å². The molecule has 0 radical (unpaired) electrons. The summed E-state index contributed by atoms with van der Waals surface area (Å²) in [5, 5.41) is 0.767. The Morgan fingerprint density at radius 1 is 1.45 bits per heavy atom. The van der Waals surface area contributed by atoms with E-state index in [9.17, 15) is 0 Å². The Balaban J connectivity index is 3.24. The lowest BCUT2D eigenvalue weighted by atomic mass is 10.2. The second-order valence-corrected chi connectivity index (χ2v) is 3.89. The maximum absolute atomic E-state index is 5.96. The Morgan fingerprint density at radius 2 is 2.09 bits per heavy atom. The summed E-state index contributed by atoms with van der Waals surface area (Å²) >= 11 is 15.0. The molecule has 0 saturated carbocycles. The van der Waals surface area contributed by atoms with Crippen LogP contribution in [-0.4, -0.2) is 0 Å². The fraction of sp³-hybridized carbons (Fsp3) is 0.250. The summed E-state index contributed by atoms with van der Waals surface area (Å²) in [7, 11) is 0. The lowest BCUT2D eigenvalue weighted by Gasteiger charge is -2.03. The van der Waals surface area contributed by atoms with Gasteiger partial charge in [-0.2, -0.15) is 0 Å². The van der Waals surface area contributed by atoms with Crippen LogP contribution in [0.1, 0.15) is 11.1 Å². The van der Waals surface area contributed by atoms with Gasteiger partial charge in [0.25, 0.3) is 0 Å².